The fraction of sp³-hybridized carbons (Fsp3) is 0.923. The van der Waals surface area contributed by atoms with Crippen molar-refractivity contribution in [3.8, 4) is 0 Å². The molecule has 3 aliphatic rings. The Morgan fingerprint density at radius 1 is 1.31 bits per heavy atom. The SMILES string of the molecule is CCC1NC2(CC2)C(=O)N1C1CCCCC1. The van der Waals surface area contributed by atoms with Crippen LogP contribution in [-0.2, 0) is 4.79 Å². The van der Waals surface area contributed by atoms with Crippen LogP contribution < -0.4 is 5.32 Å². The van der Waals surface area contributed by atoms with Crippen molar-refractivity contribution in [1.82, 2.24) is 10.2 Å². The Hall–Kier alpha value is -0.570. The molecule has 1 atom stereocenters. The van der Waals surface area contributed by atoms with Gasteiger partial charge in [0.25, 0.3) is 0 Å². The summed E-state index contributed by atoms with van der Waals surface area (Å²) < 4.78 is 0. The van der Waals surface area contributed by atoms with E-state index >= 15 is 0 Å². The lowest BCUT2D eigenvalue weighted by atomic mass is 9.93. The number of amides is 1. The minimum absolute atomic E-state index is 0.113. The third-order valence-corrected chi connectivity index (χ3v) is 4.53. The molecule has 0 aromatic carbocycles. The van der Waals surface area contributed by atoms with Crippen LogP contribution in [0, 0.1) is 0 Å². The number of nitrogens with one attached hydrogen (secondary N) is 1. The van der Waals surface area contributed by atoms with Crippen molar-refractivity contribution in [2.45, 2.75) is 76.0 Å². The highest BCUT2D eigenvalue weighted by atomic mass is 16.2. The third-order valence-electron chi connectivity index (χ3n) is 4.53. The highest BCUT2D eigenvalue weighted by Gasteiger charge is 2.59. The van der Waals surface area contributed by atoms with Crippen molar-refractivity contribution < 1.29 is 4.79 Å². The Bertz CT molecular complexity index is 292. The van der Waals surface area contributed by atoms with E-state index in [0.29, 0.717) is 18.1 Å². The Balaban J connectivity index is 1.78. The van der Waals surface area contributed by atoms with Crippen molar-refractivity contribution >= 4 is 5.91 Å². The van der Waals surface area contributed by atoms with Gasteiger partial charge in [-0.1, -0.05) is 26.2 Å². The Labute approximate surface area is 97.6 Å². The molecule has 1 unspecified atom stereocenters. The van der Waals surface area contributed by atoms with E-state index in [0.717, 1.165) is 19.3 Å². The maximum absolute atomic E-state index is 12.4. The second kappa shape index (κ2) is 3.73. The number of hydrogen-bond acceptors (Lipinski definition) is 2. The fourth-order valence-electron chi connectivity index (χ4n) is 3.40. The lowest BCUT2D eigenvalue weighted by molar-refractivity contribution is -0.133. The maximum Gasteiger partial charge on any atom is 0.244 e. The number of rotatable bonds is 2. The molecule has 1 heterocycles. The molecule has 2 aliphatic carbocycles. The third kappa shape index (κ3) is 1.48. The van der Waals surface area contributed by atoms with Gasteiger partial charge in [0, 0.05) is 6.04 Å². The molecule has 3 heteroatoms. The van der Waals surface area contributed by atoms with Crippen LogP contribution in [0.2, 0.25) is 0 Å². The first kappa shape index (κ1) is 10.6. The summed E-state index contributed by atoms with van der Waals surface area (Å²) in [5.41, 5.74) is -0.113. The van der Waals surface area contributed by atoms with Crippen molar-refractivity contribution in [2.24, 2.45) is 0 Å². The highest BCUT2D eigenvalue weighted by Crippen LogP contribution is 2.44. The normalized spacial score (nSPS) is 33.7. The molecule has 3 nitrogen and oxygen atoms in total. The second-order valence-corrected chi connectivity index (χ2v) is 5.65. The van der Waals surface area contributed by atoms with E-state index in [4.69, 9.17) is 0 Å². The van der Waals surface area contributed by atoms with Crippen LogP contribution in [0.3, 0.4) is 0 Å². The van der Waals surface area contributed by atoms with E-state index in [1.807, 2.05) is 0 Å². The fourth-order valence-corrected chi connectivity index (χ4v) is 3.40. The lowest BCUT2D eigenvalue weighted by Gasteiger charge is -2.34. The molecule has 0 aromatic heterocycles. The molecule has 2 saturated carbocycles. The van der Waals surface area contributed by atoms with Gasteiger partial charge in [0.05, 0.1) is 11.7 Å². The summed E-state index contributed by atoms with van der Waals surface area (Å²) in [6.45, 7) is 2.18. The first-order valence-electron chi connectivity index (χ1n) is 6.87. The highest BCUT2D eigenvalue weighted by molar-refractivity contribution is 5.92. The van der Waals surface area contributed by atoms with Crippen molar-refractivity contribution in [3.05, 3.63) is 0 Å². The molecule has 1 amide bonds. The molecule has 16 heavy (non-hydrogen) atoms. The number of nitrogens with zero attached hydrogens (tertiary/aromatic N) is 1. The standard InChI is InChI=1S/C13H22N2O/c1-2-11-14-13(8-9-13)12(16)15(11)10-6-4-3-5-7-10/h10-11,14H,2-9H2,1H3. The van der Waals surface area contributed by atoms with Gasteiger partial charge in [-0.2, -0.15) is 0 Å². The van der Waals surface area contributed by atoms with Crippen molar-refractivity contribution in [1.29, 1.82) is 0 Å². The first-order valence-corrected chi connectivity index (χ1v) is 6.87. The van der Waals surface area contributed by atoms with Crippen LogP contribution in [-0.4, -0.2) is 28.6 Å². The molecule has 90 valence electrons. The zero-order valence-electron chi connectivity index (χ0n) is 10.2. The minimum atomic E-state index is -0.113. The van der Waals surface area contributed by atoms with Gasteiger partial charge < -0.3 is 4.90 Å². The van der Waals surface area contributed by atoms with Gasteiger partial charge >= 0.3 is 0 Å². The van der Waals surface area contributed by atoms with Crippen LogP contribution in [0.25, 0.3) is 0 Å². The number of carbonyl (C=O) groups is 1. The molecule has 0 aromatic rings. The lowest BCUT2D eigenvalue weighted by Crippen LogP contribution is -2.45. The van der Waals surface area contributed by atoms with Gasteiger partial charge in [-0.3, -0.25) is 10.1 Å². The Kier molecular flexibility index (Phi) is 2.46. The van der Waals surface area contributed by atoms with Crippen LogP contribution in [0.5, 0.6) is 0 Å². The van der Waals surface area contributed by atoms with Gasteiger partial charge in [-0.05, 0) is 32.1 Å². The quantitative estimate of drug-likeness (QED) is 0.775. The summed E-state index contributed by atoms with van der Waals surface area (Å²) in [6.07, 6.45) is 9.89. The average molecular weight is 222 g/mol. The van der Waals surface area contributed by atoms with Gasteiger partial charge in [0.15, 0.2) is 0 Å². The minimum Gasteiger partial charge on any atom is -0.323 e. The predicted octanol–water partition coefficient (Wildman–Crippen LogP) is 2.02. The molecular formula is C13H22N2O. The largest absolute Gasteiger partial charge is 0.323 e. The molecule has 0 radical (unpaired) electrons. The van der Waals surface area contributed by atoms with Crippen LogP contribution in [0.1, 0.15) is 58.3 Å². The van der Waals surface area contributed by atoms with E-state index in [9.17, 15) is 4.79 Å². The molecule has 1 aliphatic heterocycles. The predicted molar refractivity (Wildman–Crippen MR) is 62.9 cm³/mol. The van der Waals surface area contributed by atoms with Crippen molar-refractivity contribution in [2.75, 3.05) is 0 Å². The van der Waals surface area contributed by atoms with Crippen LogP contribution in [0.15, 0.2) is 0 Å². The van der Waals surface area contributed by atoms with Gasteiger partial charge in [-0.25, -0.2) is 0 Å². The molecule has 1 saturated heterocycles. The number of hydrogen-bond donors (Lipinski definition) is 1. The monoisotopic (exact) mass is 222 g/mol. The first-order chi connectivity index (χ1) is 7.77. The van der Waals surface area contributed by atoms with Crippen LogP contribution >= 0.6 is 0 Å². The zero-order valence-corrected chi connectivity index (χ0v) is 10.2. The molecule has 3 rings (SSSR count). The Morgan fingerprint density at radius 3 is 2.56 bits per heavy atom. The summed E-state index contributed by atoms with van der Waals surface area (Å²) in [7, 11) is 0. The molecule has 1 N–H and O–H groups in total. The molecular weight excluding hydrogens is 200 g/mol. The van der Waals surface area contributed by atoms with Gasteiger partial charge in [0.1, 0.15) is 0 Å². The van der Waals surface area contributed by atoms with E-state index in [1.165, 1.54) is 32.1 Å². The summed E-state index contributed by atoms with van der Waals surface area (Å²) in [5.74, 6) is 0.409. The molecule has 0 bridgehead atoms. The smallest absolute Gasteiger partial charge is 0.244 e. The van der Waals surface area contributed by atoms with Gasteiger partial charge in [-0.15, -0.1) is 0 Å². The number of carbonyl (C=O) groups excluding carboxylic acids is 1. The zero-order chi connectivity index (χ0) is 11.2. The topological polar surface area (TPSA) is 32.3 Å². The van der Waals surface area contributed by atoms with Crippen LogP contribution in [0.4, 0.5) is 0 Å². The average Bonchev–Trinajstić information content (AvgIpc) is 3.04. The summed E-state index contributed by atoms with van der Waals surface area (Å²) in [4.78, 5) is 14.6. The second-order valence-electron chi connectivity index (χ2n) is 5.65. The maximum atomic E-state index is 12.4. The van der Waals surface area contributed by atoms with E-state index in [2.05, 4.69) is 17.1 Å². The summed E-state index contributed by atoms with van der Waals surface area (Å²) in [6, 6.07) is 0.527. The van der Waals surface area contributed by atoms with Gasteiger partial charge in [0.2, 0.25) is 5.91 Å². The summed E-state index contributed by atoms with van der Waals surface area (Å²) in [5, 5.41) is 3.56. The summed E-state index contributed by atoms with van der Waals surface area (Å²) >= 11 is 0. The molecule has 3 fully saturated rings. The molecule has 1 spiro atoms. The van der Waals surface area contributed by atoms with E-state index in [-0.39, 0.29) is 5.54 Å². The van der Waals surface area contributed by atoms with E-state index in [1.54, 1.807) is 0 Å². The van der Waals surface area contributed by atoms with Crippen molar-refractivity contribution in [3.63, 3.8) is 0 Å². The Morgan fingerprint density at radius 2 is 2.00 bits per heavy atom. The van der Waals surface area contributed by atoms with E-state index < -0.39 is 0 Å².